The van der Waals surface area contributed by atoms with Gasteiger partial charge in [0.1, 0.15) is 0 Å². The van der Waals surface area contributed by atoms with Crippen LogP contribution in [0.1, 0.15) is 27.0 Å². The lowest BCUT2D eigenvalue weighted by Crippen LogP contribution is -2.22. The molecule has 0 atom stereocenters. The molecule has 2 N–H and O–H groups in total. The van der Waals surface area contributed by atoms with Gasteiger partial charge in [0.25, 0.3) is 5.91 Å². The highest BCUT2D eigenvalue weighted by Gasteiger charge is 2.11. The van der Waals surface area contributed by atoms with E-state index in [2.05, 4.69) is 22.8 Å². The molecule has 1 aliphatic heterocycles. The molecule has 0 bridgehead atoms. The van der Waals surface area contributed by atoms with E-state index in [1.807, 2.05) is 6.07 Å². The second-order valence-electron chi connectivity index (χ2n) is 5.02. The molecule has 0 saturated heterocycles. The van der Waals surface area contributed by atoms with Crippen LogP contribution < -0.4 is 10.6 Å². The highest BCUT2D eigenvalue weighted by molar-refractivity contribution is 6.42. The van der Waals surface area contributed by atoms with Crippen LogP contribution >= 0.6 is 23.2 Å². The molecular formula is C16H14Cl2N2O. The third kappa shape index (κ3) is 3.21. The van der Waals surface area contributed by atoms with Crippen molar-refractivity contribution in [1.82, 2.24) is 10.6 Å². The third-order valence-electron chi connectivity index (χ3n) is 3.54. The fourth-order valence-corrected chi connectivity index (χ4v) is 2.68. The van der Waals surface area contributed by atoms with E-state index in [1.165, 1.54) is 11.1 Å². The molecule has 2 aromatic carbocycles. The molecule has 0 spiro atoms. The second-order valence-corrected chi connectivity index (χ2v) is 5.83. The Kier molecular flexibility index (Phi) is 4.15. The number of amides is 1. The number of halogens is 2. The molecule has 1 heterocycles. The van der Waals surface area contributed by atoms with Crippen molar-refractivity contribution in [3.63, 3.8) is 0 Å². The van der Waals surface area contributed by atoms with Crippen LogP contribution in [-0.4, -0.2) is 5.91 Å². The summed E-state index contributed by atoms with van der Waals surface area (Å²) < 4.78 is 0. The number of carbonyl (C=O) groups excluding carboxylic acids is 1. The molecule has 3 nitrogen and oxygen atoms in total. The van der Waals surface area contributed by atoms with Crippen molar-refractivity contribution in [2.45, 2.75) is 19.6 Å². The van der Waals surface area contributed by atoms with Gasteiger partial charge >= 0.3 is 0 Å². The minimum atomic E-state index is -0.160. The van der Waals surface area contributed by atoms with Crippen molar-refractivity contribution in [3.05, 3.63) is 68.7 Å². The van der Waals surface area contributed by atoms with Crippen LogP contribution in [0.2, 0.25) is 10.0 Å². The Morgan fingerprint density at radius 1 is 1.05 bits per heavy atom. The summed E-state index contributed by atoms with van der Waals surface area (Å²) in [6.07, 6.45) is 0. The van der Waals surface area contributed by atoms with Gasteiger partial charge in [-0.05, 0) is 34.9 Å². The Bertz CT molecular complexity index is 701. The molecule has 0 aliphatic carbocycles. The SMILES string of the molecule is O=C(NCc1ccc2c(c1)CNC2)c1ccc(Cl)c(Cl)c1. The van der Waals surface area contributed by atoms with Crippen molar-refractivity contribution >= 4 is 29.1 Å². The summed E-state index contributed by atoms with van der Waals surface area (Å²) >= 11 is 11.8. The van der Waals surface area contributed by atoms with Gasteiger partial charge in [0.15, 0.2) is 0 Å². The average molecular weight is 321 g/mol. The Labute approximate surface area is 133 Å². The van der Waals surface area contributed by atoms with Crippen LogP contribution in [0.4, 0.5) is 0 Å². The minimum Gasteiger partial charge on any atom is -0.348 e. The predicted octanol–water partition coefficient (Wildman–Crippen LogP) is 3.53. The summed E-state index contributed by atoms with van der Waals surface area (Å²) in [5, 5.41) is 7.02. The normalized spacial score (nSPS) is 13.0. The van der Waals surface area contributed by atoms with Crippen LogP contribution in [0, 0.1) is 0 Å². The smallest absolute Gasteiger partial charge is 0.251 e. The fourth-order valence-electron chi connectivity index (χ4n) is 2.38. The van der Waals surface area contributed by atoms with Crippen molar-refractivity contribution in [2.24, 2.45) is 0 Å². The Balaban J connectivity index is 1.67. The second kappa shape index (κ2) is 6.06. The zero-order valence-corrected chi connectivity index (χ0v) is 12.8. The zero-order valence-electron chi connectivity index (χ0n) is 11.2. The lowest BCUT2D eigenvalue weighted by Gasteiger charge is -2.08. The molecule has 1 aliphatic rings. The van der Waals surface area contributed by atoms with Gasteiger partial charge < -0.3 is 10.6 Å². The summed E-state index contributed by atoms with van der Waals surface area (Å²) in [6, 6.07) is 11.1. The summed E-state index contributed by atoms with van der Waals surface area (Å²) in [5.41, 5.74) is 4.23. The van der Waals surface area contributed by atoms with E-state index in [0.29, 0.717) is 22.2 Å². The van der Waals surface area contributed by atoms with E-state index in [1.54, 1.807) is 18.2 Å². The van der Waals surface area contributed by atoms with E-state index in [9.17, 15) is 4.79 Å². The summed E-state index contributed by atoms with van der Waals surface area (Å²) in [7, 11) is 0. The number of fused-ring (bicyclic) bond motifs is 1. The third-order valence-corrected chi connectivity index (χ3v) is 4.28. The van der Waals surface area contributed by atoms with E-state index in [-0.39, 0.29) is 5.91 Å². The maximum atomic E-state index is 12.1. The molecule has 0 unspecified atom stereocenters. The zero-order chi connectivity index (χ0) is 14.8. The Morgan fingerprint density at radius 2 is 1.86 bits per heavy atom. The Hall–Kier alpha value is -1.55. The standard InChI is InChI=1S/C16H14Cl2N2O/c17-14-4-3-11(6-15(14)18)16(21)20-7-10-1-2-12-8-19-9-13(12)5-10/h1-6,19H,7-9H2,(H,20,21). The maximum Gasteiger partial charge on any atom is 0.251 e. The molecule has 1 amide bonds. The average Bonchev–Trinajstić information content (AvgIpc) is 2.95. The van der Waals surface area contributed by atoms with E-state index < -0.39 is 0 Å². The largest absolute Gasteiger partial charge is 0.348 e. The summed E-state index contributed by atoms with van der Waals surface area (Å²) in [4.78, 5) is 12.1. The molecule has 2 aromatic rings. The number of rotatable bonds is 3. The first-order chi connectivity index (χ1) is 10.1. The lowest BCUT2D eigenvalue weighted by molar-refractivity contribution is 0.0951. The maximum absolute atomic E-state index is 12.1. The number of nitrogens with one attached hydrogen (secondary N) is 2. The molecule has 5 heteroatoms. The van der Waals surface area contributed by atoms with Gasteiger partial charge in [0, 0.05) is 25.2 Å². The molecule has 0 aromatic heterocycles. The van der Waals surface area contributed by atoms with E-state index in [4.69, 9.17) is 23.2 Å². The van der Waals surface area contributed by atoms with Crippen LogP contribution in [-0.2, 0) is 19.6 Å². The van der Waals surface area contributed by atoms with Gasteiger partial charge in [-0.1, -0.05) is 41.4 Å². The highest BCUT2D eigenvalue weighted by atomic mass is 35.5. The summed E-state index contributed by atoms with van der Waals surface area (Å²) in [6.45, 7) is 2.31. The number of carbonyl (C=O) groups is 1. The molecule has 21 heavy (non-hydrogen) atoms. The van der Waals surface area contributed by atoms with E-state index in [0.717, 1.165) is 18.7 Å². The molecular weight excluding hydrogens is 307 g/mol. The monoisotopic (exact) mass is 320 g/mol. The summed E-state index contributed by atoms with van der Waals surface area (Å²) in [5.74, 6) is -0.160. The predicted molar refractivity (Wildman–Crippen MR) is 84.6 cm³/mol. The molecule has 108 valence electrons. The first-order valence-corrected chi connectivity index (χ1v) is 7.44. The van der Waals surface area contributed by atoms with Gasteiger partial charge in [-0.3, -0.25) is 4.79 Å². The van der Waals surface area contributed by atoms with Crippen molar-refractivity contribution in [2.75, 3.05) is 0 Å². The Morgan fingerprint density at radius 3 is 2.67 bits per heavy atom. The minimum absolute atomic E-state index is 0.160. The molecule has 0 saturated carbocycles. The number of hydrogen-bond acceptors (Lipinski definition) is 2. The topological polar surface area (TPSA) is 41.1 Å². The van der Waals surface area contributed by atoms with Crippen LogP contribution in [0.5, 0.6) is 0 Å². The highest BCUT2D eigenvalue weighted by Crippen LogP contribution is 2.22. The molecule has 0 fully saturated rings. The van der Waals surface area contributed by atoms with Crippen molar-refractivity contribution in [1.29, 1.82) is 0 Å². The number of hydrogen-bond donors (Lipinski definition) is 2. The number of benzene rings is 2. The van der Waals surface area contributed by atoms with Crippen LogP contribution in [0.25, 0.3) is 0 Å². The van der Waals surface area contributed by atoms with Crippen LogP contribution in [0.3, 0.4) is 0 Å². The first kappa shape index (κ1) is 14.4. The van der Waals surface area contributed by atoms with Gasteiger partial charge in [-0.25, -0.2) is 0 Å². The van der Waals surface area contributed by atoms with Gasteiger partial charge in [0.2, 0.25) is 0 Å². The van der Waals surface area contributed by atoms with Gasteiger partial charge in [-0.15, -0.1) is 0 Å². The van der Waals surface area contributed by atoms with Crippen molar-refractivity contribution in [3.8, 4) is 0 Å². The van der Waals surface area contributed by atoms with Gasteiger partial charge in [-0.2, -0.15) is 0 Å². The quantitative estimate of drug-likeness (QED) is 0.908. The first-order valence-electron chi connectivity index (χ1n) is 6.68. The van der Waals surface area contributed by atoms with Crippen LogP contribution in [0.15, 0.2) is 36.4 Å². The van der Waals surface area contributed by atoms with E-state index >= 15 is 0 Å². The van der Waals surface area contributed by atoms with Crippen molar-refractivity contribution < 1.29 is 4.79 Å². The fraction of sp³-hybridized carbons (Fsp3) is 0.188. The lowest BCUT2D eigenvalue weighted by atomic mass is 10.1. The van der Waals surface area contributed by atoms with Gasteiger partial charge in [0.05, 0.1) is 10.0 Å². The molecule has 3 rings (SSSR count). The molecule has 0 radical (unpaired) electrons.